The smallest absolute Gasteiger partial charge is 0.318 e. The van der Waals surface area contributed by atoms with Crippen molar-refractivity contribution in [2.75, 3.05) is 52.4 Å². The van der Waals surface area contributed by atoms with Gasteiger partial charge >= 0.3 is 6.03 Å². The van der Waals surface area contributed by atoms with Crippen molar-refractivity contribution in [2.45, 2.75) is 13.0 Å². The fraction of sp³-hybridized carbons (Fsp3) is 0.375. The largest absolute Gasteiger partial charge is 0.497 e. The van der Waals surface area contributed by atoms with Gasteiger partial charge in [-0.05, 0) is 19.1 Å². The van der Waals surface area contributed by atoms with Crippen molar-refractivity contribution in [1.29, 1.82) is 0 Å². The lowest BCUT2D eigenvalue weighted by molar-refractivity contribution is 0.190. The van der Waals surface area contributed by atoms with Gasteiger partial charge in [0, 0.05) is 50.1 Å². The number of carbonyl (C=O) groups is 1. The minimum atomic E-state index is -0.356. The summed E-state index contributed by atoms with van der Waals surface area (Å²) in [6.45, 7) is 4.49. The molecule has 0 spiro atoms. The van der Waals surface area contributed by atoms with Gasteiger partial charge in [-0.15, -0.1) is 0 Å². The number of piperazine rings is 1. The van der Waals surface area contributed by atoms with Gasteiger partial charge in [0.15, 0.2) is 0 Å². The third-order valence-electron chi connectivity index (χ3n) is 5.78. The molecule has 2 aromatic carbocycles. The van der Waals surface area contributed by atoms with E-state index in [1.54, 1.807) is 21.3 Å². The van der Waals surface area contributed by atoms with E-state index in [0.29, 0.717) is 37.8 Å². The van der Waals surface area contributed by atoms with Crippen LogP contribution in [0.4, 0.5) is 10.5 Å². The van der Waals surface area contributed by atoms with Gasteiger partial charge in [-0.1, -0.05) is 12.1 Å². The Balaban J connectivity index is 1.41. The Morgan fingerprint density at radius 1 is 0.909 bits per heavy atom. The first-order valence-electron chi connectivity index (χ1n) is 10.9. The highest BCUT2D eigenvalue weighted by Gasteiger charge is 2.25. The molecule has 174 valence electrons. The molecule has 9 heteroatoms. The van der Waals surface area contributed by atoms with Crippen molar-refractivity contribution in [3.05, 3.63) is 48.2 Å². The summed E-state index contributed by atoms with van der Waals surface area (Å²) in [6.07, 6.45) is 0. The molecule has 1 N–H and O–H groups in total. The van der Waals surface area contributed by atoms with E-state index in [-0.39, 0.29) is 12.1 Å². The Kier molecular flexibility index (Phi) is 6.67. The molecular formula is C24H29N5O4. The van der Waals surface area contributed by atoms with E-state index in [1.807, 2.05) is 54.3 Å². The Labute approximate surface area is 193 Å². The highest BCUT2D eigenvalue weighted by Crippen LogP contribution is 2.29. The fourth-order valence-corrected chi connectivity index (χ4v) is 3.92. The van der Waals surface area contributed by atoms with E-state index in [9.17, 15) is 4.79 Å². The molecule has 33 heavy (non-hydrogen) atoms. The van der Waals surface area contributed by atoms with Gasteiger partial charge in [-0.2, -0.15) is 0 Å². The summed E-state index contributed by atoms with van der Waals surface area (Å²) >= 11 is 0. The predicted molar refractivity (Wildman–Crippen MR) is 126 cm³/mol. The van der Waals surface area contributed by atoms with E-state index < -0.39 is 0 Å². The molecule has 0 bridgehead atoms. The summed E-state index contributed by atoms with van der Waals surface area (Å²) in [4.78, 5) is 26.2. The Hall–Kier alpha value is -3.75. The molecule has 2 heterocycles. The van der Waals surface area contributed by atoms with Crippen molar-refractivity contribution in [3.8, 4) is 17.4 Å². The number of nitrogens with one attached hydrogen (secondary N) is 1. The van der Waals surface area contributed by atoms with Gasteiger partial charge in [0.05, 0.1) is 38.4 Å². The van der Waals surface area contributed by atoms with Crippen molar-refractivity contribution in [2.24, 2.45) is 0 Å². The number of hydrogen-bond donors (Lipinski definition) is 1. The third-order valence-corrected chi connectivity index (χ3v) is 5.78. The van der Waals surface area contributed by atoms with Gasteiger partial charge in [0.2, 0.25) is 5.88 Å². The molecule has 3 aromatic rings. The van der Waals surface area contributed by atoms with Crippen LogP contribution in [0.1, 0.15) is 18.7 Å². The lowest BCUT2D eigenvalue weighted by Crippen LogP contribution is -2.52. The summed E-state index contributed by atoms with van der Waals surface area (Å²) in [7, 11) is 4.83. The topological polar surface area (TPSA) is 89.1 Å². The lowest BCUT2D eigenvalue weighted by Gasteiger charge is -2.36. The first-order valence-corrected chi connectivity index (χ1v) is 10.9. The maximum atomic E-state index is 13.0. The molecule has 0 radical (unpaired) electrons. The second-order valence-corrected chi connectivity index (χ2v) is 7.82. The number of ether oxygens (including phenoxy) is 3. The van der Waals surface area contributed by atoms with Gasteiger partial charge in [0.1, 0.15) is 17.2 Å². The zero-order valence-corrected chi connectivity index (χ0v) is 19.4. The first-order chi connectivity index (χ1) is 16.0. The van der Waals surface area contributed by atoms with E-state index in [2.05, 4.69) is 20.2 Å². The number of nitrogens with zero attached hydrogens (tertiary/aromatic N) is 4. The molecule has 4 rings (SSSR count). The molecular weight excluding hydrogens is 422 g/mol. The number of aromatic nitrogens is 2. The molecule has 0 aliphatic carbocycles. The van der Waals surface area contributed by atoms with Crippen molar-refractivity contribution in [3.63, 3.8) is 0 Å². The number of methoxy groups -OCH3 is 3. The van der Waals surface area contributed by atoms with Crippen LogP contribution in [-0.4, -0.2) is 68.4 Å². The van der Waals surface area contributed by atoms with Crippen LogP contribution in [0, 0.1) is 0 Å². The number of benzene rings is 2. The number of para-hydroxylation sites is 2. The van der Waals surface area contributed by atoms with Crippen LogP contribution in [0.3, 0.4) is 0 Å². The van der Waals surface area contributed by atoms with E-state index >= 15 is 0 Å². The number of carbonyl (C=O) groups excluding carboxylic acids is 1. The van der Waals surface area contributed by atoms with Crippen molar-refractivity contribution in [1.82, 2.24) is 20.2 Å². The van der Waals surface area contributed by atoms with Gasteiger partial charge in [0.25, 0.3) is 0 Å². The second-order valence-electron chi connectivity index (χ2n) is 7.82. The monoisotopic (exact) mass is 451 g/mol. The van der Waals surface area contributed by atoms with Crippen LogP contribution in [0.5, 0.6) is 17.4 Å². The molecule has 1 fully saturated rings. The lowest BCUT2D eigenvalue weighted by atomic mass is 10.2. The zero-order valence-electron chi connectivity index (χ0n) is 19.4. The normalized spacial score (nSPS) is 14.7. The number of urea groups is 1. The molecule has 1 aromatic heterocycles. The fourth-order valence-electron chi connectivity index (χ4n) is 3.92. The van der Waals surface area contributed by atoms with Crippen LogP contribution in [0.25, 0.3) is 11.0 Å². The minimum absolute atomic E-state index is 0.137. The number of rotatable bonds is 6. The number of amides is 2. The average molecular weight is 452 g/mol. The summed E-state index contributed by atoms with van der Waals surface area (Å²) < 4.78 is 16.2. The summed E-state index contributed by atoms with van der Waals surface area (Å²) in [5, 5.41) is 3.04. The molecule has 0 saturated carbocycles. The first kappa shape index (κ1) is 22.4. The van der Waals surface area contributed by atoms with Crippen molar-refractivity contribution >= 4 is 22.8 Å². The molecule has 1 unspecified atom stereocenters. The molecule has 1 aliphatic rings. The predicted octanol–water partition coefficient (Wildman–Crippen LogP) is 3.25. The van der Waals surface area contributed by atoms with Crippen LogP contribution in [-0.2, 0) is 0 Å². The SMILES string of the molecule is COc1cc(OC)cc(N2CCN(C(=O)NC(C)c3nc4ccccc4nc3OC)CC2)c1. The Morgan fingerprint density at radius 2 is 1.52 bits per heavy atom. The van der Waals surface area contributed by atoms with Crippen LogP contribution < -0.4 is 24.4 Å². The molecule has 1 atom stereocenters. The summed E-state index contributed by atoms with van der Waals surface area (Å²) in [5.41, 5.74) is 3.13. The maximum Gasteiger partial charge on any atom is 0.318 e. The number of anilines is 1. The highest BCUT2D eigenvalue weighted by molar-refractivity contribution is 5.77. The zero-order chi connectivity index (χ0) is 23.4. The van der Waals surface area contributed by atoms with Gasteiger partial charge in [-0.3, -0.25) is 0 Å². The number of hydrogen-bond acceptors (Lipinski definition) is 7. The second kappa shape index (κ2) is 9.81. The molecule has 1 saturated heterocycles. The van der Waals surface area contributed by atoms with Crippen LogP contribution >= 0.6 is 0 Å². The molecule has 1 aliphatic heterocycles. The Bertz CT molecular complexity index is 1110. The molecule has 9 nitrogen and oxygen atoms in total. The van der Waals surface area contributed by atoms with E-state index in [4.69, 9.17) is 14.2 Å². The van der Waals surface area contributed by atoms with Gasteiger partial charge in [-0.25, -0.2) is 14.8 Å². The third kappa shape index (κ3) is 4.87. The van der Waals surface area contributed by atoms with E-state index in [1.165, 1.54) is 0 Å². The van der Waals surface area contributed by atoms with Crippen molar-refractivity contribution < 1.29 is 19.0 Å². The van der Waals surface area contributed by atoms with Crippen LogP contribution in [0.15, 0.2) is 42.5 Å². The Morgan fingerprint density at radius 3 is 2.09 bits per heavy atom. The quantitative estimate of drug-likeness (QED) is 0.615. The highest BCUT2D eigenvalue weighted by atomic mass is 16.5. The van der Waals surface area contributed by atoms with Gasteiger partial charge < -0.3 is 29.3 Å². The number of fused-ring (bicyclic) bond motifs is 1. The molecule has 2 amide bonds. The summed E-state index contributed by atoms with van der Waals surface area (Å²) in [5.74, 6) is 1.89. The standard InChI is InChI=1S/C24H29N5O4/c1-16(22-23(33-4)27-21-8-6-5-7-20(21)26-22)25-24(30)29-11-9-28(10-12-29)17-13-18(31-2)15-19(14-17)32-3/h5-8,13-16H,9-12H2,1-4H3,(H,25,30). The maximum absolute atomic E-state index is 13.0. The van der Waals surface area contributed by atoms with E-state index in [0.717, 1.165) is 28.2 Å². The van der Waals surface area contributed by atoms with Crippen LogP contribution in [0.2, 0.25) is 0 Å². The average Bonchev–Trinajstić information content (AvgIpc) is 2.87. The summed E-state index contributed by atoms with van der Waals surface area (Å²) in [6, 6.07) is 12.9. The minimum Gasteiger partial charge on any atom is -0.497 e.